The van der Waals surface area contributed by atoms with Crippen molar-refractivity contribution in [1.82, 2.24) is 0 Å². The minimum Gasteiger partial charge on any atom is -0.493 e. The SMILES string of the molecule is CCC(C)c1ccc(OCC2CC2)c(CC(C)N)c1. The van der Waals surface area contributed by atoms with Gasteiger partial charge >= 0.3 is 0 Å². The molecule has 2 unspecified atom stereocenters. The van der Waals surface area contributed by atoms with Crippen molar-refractivity contribution in [1.29, 1.82) is 0 Å². The number of benzene rings is 1. The van der Waals surface area contributed by atoms with E-state index in [4.69, 9.17) is 10.5 Å². The second kappa shape index (κ2) is 6.42. The van der Waals surface area contributed by atoms with E-state index in [1.807, 2.05) is 0 Å². The topological polar surface area (TPSA) is 35.2 Å². The van der Waals surface area contributed by atoms with Crippen molar-refractivity contribution < 1.29 is 4.74 Å². The molecule has 2 nitrogen and oxygen atoms in total. The zero-order valence-corrected chi connectivity index (χ0v) is 12.5. The van der Waals surface area contributed by atoms with E-state index in [1.54, 1.807) is 0 Å². The highest BCUT2D eigenvalue weighted by atomic mass is 16.5. The van der Waals surface area contributed by atoms with E-state index in [1.165, 1.54) is 30.4 Å². The van der Waals surface area contributed by atoms with Gasteiger partial charge in [0.05, 0.1) is 6.61 Å². The predicted octanol–water partition coefficient (Wildman–Crippen LogP) is 3.88. The molecular weight excluding hydrogens is 234 g/mol. The largest absolute Gasteiger partial charge is 0.493 e. The Morgan fingerprint density at radius 1 is 1.32 bits per heavy atom. The van der Waals surface area contributed by atoms with Gasteiger partial charge in [0.1, 0.15) is 5.75 Å². The van der Waals surface area contributed by atoms with Gasteiger partial charge in [-0.25, -0.2) is 0 Å². The summed E-state index contributed by atoms with van der Waals surface area (Å²) >= 11 is 0. The first-order chi connectivity index (χ1) is 9.10. The van der Waals surface area contributed by atoms with Crippen molar-refractivity contribution in [3.63, 3.8) is 0 Å². The molecule has 0 spiro atoms. The quantitative estimate of drug-likeness (QED) is 0.808. The Hall–Kier alpha value is -1.02. The van der Waals surface area contributed by atoms with Crippen LogP contribution in [0.5, 0.6) is 5.75 Å². The van der Waals surface area contributed by atoms with Crippen LogP contribution in [0.25, 0.3) is 0 Å². The molecule has 0 aromatic heterocycles. The summed E-state index contributed by atoms with van der Waals surface area (Å²) in [5.74, 6) is 2.43. The van der Waals surface area contributed by atoms with Crippen molar-refractivity contribution in [2.24, 2.45) is 11.7 Å². The van der Waals surface area contributed by atoms with Gasteiger partial charge in [0.2, 0.25) is 0 Å². The van der Waals surface area contributed by atoms with E-state index in [9.17, 15) is 0 Å². The third-order valence-electron chi connectivity index (χ3n) is 3.98. The summed E-state index contributed by atoms with van der Waals surface area (Å²) in [6.45, 7) is 7.43. The van der Waals surface area contributed by atoms with Crippen LogP contribution in [0.2, 0.25) is 0 Å². The summed E-state index contributed by atoms with van der Waals surface area (Å²) in [5, 5.41) is 0. The van der Waals surface area contributed by atoms with Gasteiger partial charge < -0.3 is 10.5 Å². The van der Waals surface area contributed by atoms with E-state index in [2.05, 4.69) is 39.0 Å². The van der Waals surface area contributed by atoms with Crippen molar-refractivity contribution in [2.45, 2.75) is 58.4 Å². The fourth-order valence-corrected chi connectivity index (χ4v) is 2.28. The molecule has 1 aromatic rings. The Bertz CT molecular complexity index is 410. The first kappa shape index (κ1) is 14.4. The van der Waals surface area contributed by atoms with Crippen LogP contribution < -0.4 is 10.5 Å². The third kappa shape index (κ3) is 4.24. The number of hydrogen-bond acceptors (Lipinski definition) is 2. The normalized spacial score (nSPS) is 18.1. The van der Waals surface area contributed by atoms with E-state index < -0.39 is 0 Å². The molecular formula is C17H27NO. The van der Waals surface area contributed by atoms with Crippen LogP contribution >= 0.6 is 0 Å². The predicted molar refractivity (Wildman–Crippen MR) is 80.7 cm³/mol. The van der Waals surface area contributed by atoms with E-state index in [0.717, 1.165) is 24.7 Å². The summed E-state index contributed by atoms with van der Waals surface area (Å²) in [5.41, 5.74) is 8.64. The van der Waals surface area contributed by atoms with Crippen LogP contribution in [-0.2, 0) is 6.42 Å². The lowest BCUT2D eigenvalue weighted by Crippen LogP contribution is -2.18. The van der Waals surface area contributed by atoms with Gasteiger partial charge in [0.15, 0.2) is 0 Å². The molecule has 19 heavy (non-hydrogen) atoms. The molecule has 1 aromatic carbocycles. The highest BCUT2D eigenvalue weighted by molar-refractivity contribution is 5.39. The molecule has 2 N–H and O–H groups in total. The van der Waals surface area contributed by atoms with Gasteiger partial charge in [0.25, 0.3) is 0 Å². The van der Waals surface area contributed by atoms with Gasteiger partial charge in [-0.05, 0) is 61.6 Å². The fraction of sp³-hybridized carbons (Fsp3) is 0.647. The standard InChI is InChI=1S/C17H27NO/c1-4-12(2)15-7-8-17(19-11-14-5-6-14)16(10-15)9-13(3)18/h7-8,10,12-14H,4-6,9,11,18H2,1-3H3. The average molecular weight is 261 g/mol. The van der Waals surface area contributed by atoms with Gasteiger partial charge in [-0.1, -0.05) is 26.0 Å². The third-order valence-corrected chi connectivity index (χ3v) is 3.98. The van der Waals surface area contributed by atoms with Crippen molar-refractivity contribution in [2.75, 3.05) is 6.61 Å². The maximum absolute atomic E-state index is 5.97. The van der Waals surface area contributed by atoms with E-state index in [-0.39, 0.29) is 6.04 Å². The number of rotatable bonds is 7. The summed E-state index contributed by atoms with van der Waals surface area (Å²) in [4.78, 5) is 0. The summed E-state index contributed by atoms with van der Waals surface area (Å²) < 4.78 is 5.97. The Labute approximate surface area is 117 Å². The Morgan fingerprint density at radius 3 is 2.63 bits per heavy atom. The summed E-state index contributed by atoms with van der Waals surface area (Å²) in [6.07, 6.45) is 4.71. The summed E-state index contributed by atoms with van der Waals surface area (Å²) in [6, 6.07) is 6.82. The molecule has 0 heterocycles. The van der Waals surface area contributed by atoms with Crippen LogP contribution in [0, 0.1) is 5.92 Å². The molecule has 1 fully saturated rings. The molecule has 106 valence electrons. The highest BCUT2D eigenvalue weighted by Crippen LogP contribution is 2.32. The first-order valence-corrected chi connectivity index (χ1v) is 7.61. The van der Waals surface area contributed by atoms with E-state index in [0.29, 0.717) is 5.92 Å². The molecule has 1 aliphatic carbocycles. The van der Waals surface area contributed by atoms with Crippen LogP contribution in [0.3, 0.4) is 0 Å². The van der Waals surface area contributed by atoms with Crippen molar-refractivity contribution in [3.8, 4) is 5.75 Å². The van der Waals surface area contributed by atoms with Gasteiger partial charge in [-0.2, -0.15) is 0 Å². The maximum Gasteiger partial charge on any atom is 0.122 e. The van der Waals surface area contributed by atoms with Crippen LogP contribution in [0.15, 0.2) is 18.2 Å². The lowest BCUT2D eigenvalue weighted by atomic mass is 9.94. The molecule has 0 radical (unpaired) electrons. The molecule has 2 atom stereocenters. The van der Waals surface area contributed by atoms with Crippen LogP contribution in [0.4, 0.5) is 0 Å². The number of ether oxygens (including phenoxy) is 1. The number of nitrogens with two attached hydrogens (primary N) is 1. The van der Waals surface area contributed by atoms with Gasteiger partial charge in [-0.15, -0.1) is 0 Å². The molecule has 1 saturated carbocycles. The zero-order valence-electron chi connectivity index (χ0n) is 12.5. The Kier molecular flexibility index (Phi) is 4.87. The highest BCUT2D eigenvalue weighted by Gasteiger charge is 2.22. The van der Waals surface area contributed by atoms with Crippen molar-refractivity contribution >= 4 is 0 Å². The fourth-order valence-electron chi connectivity index (χ4n) is 2.28. The number of hydrogen-bond donors (Lipinski definition) is 1. The van der Waals surface area contributed by atoms with Gasteiger partial charge in [-0.3, -0.25) is 0 Å². The van der Waals surface area contributed by atoms with Crippen LogP contribution in [-0.4, -0.2) is 12.6 Å². The minimum atomic E-state index is 0.176. The van der Waals surface area contributed by atoms with Gasteiger partial charge in [0, 0.05) is 6.04 Å². The molecule has 1 aliphatic rings. The lowest BCUT2D eigenvalue weighted by Gasteiger charge is -2.17. The Balaban J connectivity index is 2.14. The zero-order chi connectivity index (χ0) is 13.8. The molecule has 0 amide bonds. The Morgan fingerprint density at radius 2 is 2.05 bits per heavy atom. The smallest absolute Gasteiger partial charge is 0.122 e. The molecule has 2 heteroatoms. The minimum absolute atomic E-state index is 0.176. The second-order valence-corrected chi connectivity index (χ2v) is 6.11. The first-order valence-electron chi connectivity index (χ1n) is 7.61. The molecule has 0 saturated heterocycles. The average Bonchev–Trinajstić information content (AvgIpc) is 3.19. The van der Waals surface area contributed by atoms with Crippen molar-refractivity contribution in [3.05, 3.63) is 29.3 Å². The maximum atomic E-state index is 5.97. The molecule has 0 aliphatic heterocycles. The monoisotopic (exact) mass is 261 g/mol. The lowest BCUT2D eigenvalue weighted by molar-refractivity contribution is 0.296. The van der Waals surface area contributed by atoms with E-state index >= 15 is 0 Å². The molecule has 0 bridgehead atoms. The second-order valence-electron chi connectivity index (χ2n) is 6.11. The summed E-state index contributed by atoms with van der Waals surface area (Å²) in [7, 11) is 0. The van der Waals surface area contributed by atoms with Crippen LogP contribution in [0.1, 0.15) is 57.1 Å². The molecule has 2 rings (SSSR count).